The summed E-state index contributed by atoms with van der Waals surface area (Å²) in [6, 6.07) is 6.62. The van der Waals surface area contributed by atoms with Crippen molar-refractivity contribution in [1.82, 2.24) is 8.75 Å². The molecule has 0 amide bonds. The zero-order valence-corrected chi connectivity index (χ0v) is 13.3. The SMILES string of the molecule is Cc1cc(CNc2c(Cl)cc(Cl)c3nsnc23)ccc1F. The monoisotopic (exact) mass is 341 g/mol. The van der Waals surface area contributed by atoms with Crippen LogP contribution < -0.4 is 5.32 Å². The second kappa shape index (κ2) is 5.75. The highest BCUT2D eigenvalue weighted by Gasteiger charge is 2.13. The number of aryl methyl sites for hydroxylation is 1. The van der Waals surface area contributed by atoms with Gasteiger partial charge in [0.2, 0.25) is 0 Å². The molecule has 0 atom stereocenters. The molecular weight excluding hydrogens is 332 g/mol. The average Bonchev–Trinajstić information content (AvgIpc) is 2.92. The van der Waals surface area contributed by atoms with Crippen molar-refractivity contribution in [3.05, 3.63) is 51.3 Å². The van der Waals surface area contributed by atoms with Crippen LogP contribution in [0.4, 0.5) is 10.1 Å². The number of aromatic nitrogens is 2. The number of anilines is 1. The molecule has 0 aliphatic rings. The maximum absolute atomic E-state index is 13.3. The summed E-state index contributed by atoms with van der Waals surface area (Å²) in [6.45, 7) is 2.24. The zero-order chi connectivity index (χ0) is 15.0. The molecule has 3 aromatic rings. The van der Waals surface area contributed by atoms with E-state index in [2.05, 4.69) is 14.1 Å². The molecule has 0 saturated carbocycles. The van der Waals surface area contributed by atoms with Crippen LogP contribution in [0.3, 0.4) is 0 Å². The zero-order valence-electron chi connectivity index (χ0n) is 11.0. The third-order valence-electron chi connectivity index (χ3n) is 3.14. The van der Waals surface area contributed by atoms with Gasteiger partial charge in [0, 0.05) is 6.54 Å². The molecule has 2 aromatic carbocycles. The Bertz CT molecular complexity index is 819. The predicted octanol–water partition coefficient (Wildman–Crippen LogP) is 5.06. The third kappa shape index (κ3) is 2.81. The molecule has 7 heteroatoms. The molecule has 1 heterocycles. The molecule has 0 unspecified atom stereocenters. The van der Waals surface area contributed by atoms with Crippen LogP contribution in [0.1, 0.15) is 11.1 Å². The minimum absolute atomic E-state index is 0.214. The predicted molar refractivity (Wildman–Crippen MR) is 85.9 cm³/mol. The lowest BCUT2D eigenvalue weighted by Gasteiger charge is -2.10. The highest BCUT2D eigenvalue weighted by molar-refractivity contribution is 7.00. The van der Waals surface area contributed by atoms with Crippen LogP contribution in [-0.2, 0) is 6.54 Å². The third-order valence-corrected chi connectivity index (χ3v) is 4.25. The Hall–Kier alpha value is -1.43. The Morgan fingerprint density at radius 3 is 2.67 bits per heavy atom. The maximum atomic E-state index is 13.3. The number of fused-ring (bicyclic) bond motifs is 1. The van der Waals surface area contributed by atoms with Gasteiger partial charge in [-0.1, -0.05) is 35.3 Å². The second-order valence-corrected chi connectivity index (χ2v) is 5.96. The summed E-state index contributed by atoms with van der Waals surface area (Å²) in [6.07, 6.45) is 0. The molecular formula is C14H10Cl2FN3S. The van der Waals surface area contributed by atoms with E-state index in [0.29, 0.717) is 38.9 Å². The number of hydrogen-bond donors (Lipinski definition) is 1. The van der Waals surface area contributed by atoms with Crippen molar-refractivity contribution in [2.45, 2.75) is 13.5 Å². The number of nitrogens with zero attached hydrogens (tertiary/aromatic N) is 2. The Labute approximate surface area is 135 Å². The molecule has 0 aliphatic heterocycles. The Kier molecular flexibility index (Phi) is 3.97. The van der Waals surface area contributed by atoms with Crippen LogP contribution in [0.25, 0.3) is 11.0 Å². The summed E-state index contributed by atoms with van der Waals surface area (Å²) in [5.74, 6) is -0.214. The first-order chi connectivity index (χ1) is 10.1. The van der Waals surface area contributed by atoms with Crippen molar-refractivity contribution in [2.75, 3.05) is 5.32 Å². The lowest BCUT2D eigenvalue weighted by molar-refractivity contribution is 0.617. The van der Waals surface area contributed by atoms with Crippen molar-refractivity contribution >= 4 is 51.7 Å². The van der Waals surface area contributed by atoms with Gasteiger partial charge < -0.3 is 5.32 Å². The number of benzene rings is 2. The first-order valence-electron chi connectivity index (χ1n) is 6.15. The molecule has 108 valence electrons. The molecule has 0 fully saturated rings. The number of halogens is 3. The van der Waals surface area contributed by atoms with Crippen molar-refractivity contribution in [1.29, 1.82) is 0 Å². The normalized spacial score (nSPS) is 11.0. The van der Waals surface area contributed by atoms with Gasteiger partial charge in [-0.15, -0.1) is 0 Å². The van der Waals surface area contributed by atoms with Crippen molar-refractivity contribution in [3.8, 4) is 0 Å². The highest BCUT2D eigenvalue weighted by atomic mass is 35.5. The van der Waals surface area contributed by atoms with Crippen LogP contribution in [0.5, 0.6) is 0 Å². The van der Waals surface area contributed by atoms with Crippen molar-refractivity contribution in [2.24, 2.45) is 0 Å². The van der Waals surface area contributed by atoms with Gasteiger partial charge in [-0.3, -0.25) is 0 Å². The van der Waals surface area contributed by atoms with Crippen LogP contribution in [0.15, 0.2) is 24.3 Å². The smallest absolute Gasteiger partial charge is 0.130 e. The first kappa shape index (κ1) is 14.5. The minimum atomic E-state index is -0.214. The summed E-state index contributed by atoms with van der Waals surface area (Å²) in [5, 5.41) is 4.19. The Balaban J connectivity index is 1.91. The van der Waals surface area contributed by atoms with E-state index in [1.807, 2.05) is 0 Å². The number of hydrogen-bond acceptors (Lipinski definition) is 4. The molecule has 1 N–H and O–H groups in total. The van der Waals surface area contributed by atoms with Gasteiger partial charge in [0.25, 0.3) is 0 Å². The van der Waals surface area contributed by atoms with Gasteiger partial charge >= 0.3 is 0 Å². The lowest BCUT2D eigenvalue weighted by Crippen LogP contribution is -2.02. The average molecular weight is 342 g/mol. The Morgan fingerprint density at radius 2 is 1.90 bits per heavy atom. The van der Waals surface area contributed by atoms with E-state index in [1.165, 1.54) is 6.07 Å². The summed E-state index contributed by atoms with van der Waals surface area (Å²) in [7, 11) is 0. The molecule has 0 aliphatic carbocycles. The van der Waals surface area contributed by atoms with Crippen molar-refractivity contribution < 1.29 is 4.39 Å². The van der Waals surface area contributed by atoms with Gasteiger partial charge in [0.1, 0.15) is 16.9 Å². The van der Waals surface area contributed by atoms with Gasteiger partial charge in [0.15, 0.2) is 0 Å². The van der Waals surface area contributed by atoms with E-state index in [0.717, 1.165) is 17.3 Å². The van der Waals surface area contributed by atoms with Gasteiger partial charge in [-0.05, 0) is 30.2 Å². The van der Waals surface area contributed by atoms with Crippen LogP contribution in [0, 0.1) is 12.7 Å². The molecule has 0 saturated heterocycles. The summed E-state index contributed by atoms with van der Waals surface area (Å²) in [5.41, 5.74) is 3.53. The van der Waals surface area contributed by atoms with Gasteiger partial charge in [0.05, 0.1) is 27.5 Å². The van der Waals surface area contributed by atoms with Crippen molar-refractivity contribution in [3.63, 3.8) is 0 Å². The lowest BCUT2D eigenvalue weighted by atomic mass is 10.1. The molecule has 0 radical (unpaired) electrons. The van der Waals surface area contributed by atoms with Crippen LogP contribution in [0.2, 0.25) is 10.0 Å². The van der Waals surface area contributed by atoms with E-state index in [1.54, 1.807) is 25.1 Å². The first-order valence-corrected chi connectivity index (χ1v) is 7.64. The summed E-state index contributed by atoms with van der Waals surface area (Å²) in [4.78, 5) is 0. The molecule has 0 bridgehead atoms. The minimum Gasteiger partial charge on any atom is -0.378 e. The van der Waals surface area contributed by atoms with Crippen LogP contribution >= 0.6 is 34.9 Å². The van der Waals surface area contributed by atoms with Gasteiger partial charge in [-0.25, -0.2) is 4.39 Å². The van der Waals surface area contributed by atoms with Crippen LogP contribution in [-0.4, -0.2) is 8.75 Å². The van der Waals surface area contributed by atoms with E-state index in [9.17, 15) is 4.39 Å². The topological polar surface area (TPSA) is 37.8 Å². The highest BCUT2D eigenvalue weighted by Crippen LogP contribution is 2.35. The molecule has 3 rings (SSSR count). The van der Waals surface area contributed by atoms with Gasteiger partial charge in [-0.2, -0.15) is 8.75 Å². The standard InChI is InChI=1S/C14H10Cl2FN3S/c1-7-4-8(2-3-11(7)17)6-18-12-9(15)5-10(16)13-14(12)20-21-19-13/h2-5,18H,6H2,1H3. The summed E-state index contributed by atoms with van der Waals surface area (Å²) >= 11 is 13.4. The fourth-order valence-electron chi connectivity index (χ4n) is 2.05. The second-order valence-electron chi connectivity index (χ2n) is 4.61. The fourth-order valence-corrected chi connectivity index (χ4v) is 3.23. The fraction of sp³-hybridized carbons (Fsp3) is 0.143. The van der Waals surface area contributed by atoms with E-state index in [-0.39, 0.29) is 5.82 Å². The van der Waals surface area contributed by atoms with E-state index < -0.39 is 0 Å². The number of rotatable bonds is 3. The molecule has 3 nitrogen and oxygen atoms in total. The molecule has 21 heavy (non-hydrogen) atoms. The Morgan fingerprint density at radius 1 is 1.14 bits per heavy atom. The molecule has 1 aromatic heterocycles. The summed E-state index contributed by atoms with van der Waals surface area (Å²) < 4.78 is 21.6. The maximum Gasteiger partial charge on any atom is 0.130 e. The van der Waals surface area contributed by atoms with E-state index >= 15 is 0 Å². The largest absolute Gasteiger partial charge is 0.378 e. The quantitative estimate of drug-likeness (QED) is 0.723. The van der Waals surface area contributed by atoms with E-state index in [4.69, 9.17) is 23.2 Å². The number of nitrogens with one attached hydrogen (secondary N) is 1. The molecule has 0 spiro atoms.